The summed E-state index contributed by atoms with van der Waals surface area (Å²) in [5.74, 6) is 1.78. The lowest BCUT2D eigenvalue weighted by Crippen LogP contribution is -2.45. The van der Waals surface area contributed by atoms with Gasteiger partial charge in [0.2, 0.25) is 5.91 Å². The second kappa shape index (κ2) is 12.0. The van der Waals surface area contributed by atoms with Crippen molar-refractivity contribution in [3.8, 4) is 11.5 Å². The predicted octanol–water partition coefficient (Wildman–Crippen LogP) is 3.39. The zero-order valence-electron chi connectivity index (χ0n) is 20.1. The third-order valence-electron chi connectivity index (χ3n) is 6.03. The van der Waals surface area contributed by atoms with Crippen LogP contribution in [0.4, 0.5) is 4.39 Å². The number of benzene rings is 2. The van der Waals surface area contributed by atoms with Gasteiger partial charge in [-0.05, 0) is 36.5 Å². The maximum atomic E-state index is 13.8. The number of hydrogen-bond acceptors (Lipinski definition) is 5. The number of ether oxygens (including phenoxy) is 2. The number of methoxy groups -OCH3 is 2. The second-order valence-electron chi connectivity index (χ2n) is 8.99. The van der Waals surface area contributed by atoms with E-state index in [0.717, 1.165) is 36.6 Å². The fraction of sp³-hybridized carbons (Fsp3) is 0.500. The van der Waals surface area contributed by atoms with Crippen molar-refractivity contribution in [1.29, 1.82) is 0 Å². The van der Waals surface area contributed by atoms with Crippen LogP contribution < -0.4 is 20.1 Å². The number of hydrogen-bond donors (Lipinski definition) is 2. The summed E-state index contributed by atoms with van der Waals surface area (Å²) in [6.07, 6.45) is 1.21. The van der Waals surface area contributed by atoms with Crippen molar-refractivity contribution < 1.29 is 18.7 Å². The standard InChI is InChI=1S/C26H36FN3O3/c1-18(2)16-30-17-21(29-15-20-9-10-22(32-3)14-25(20)33-4)13-24(30)26(31)28-12-11-19-7-5-6-8-23(19)27/h5-10,14,18,21,24,29H,11-13,15-17H2,1-4H3,(H,28,31)/t21-,24-/m0/s1. The lowest BCUT2D eigenvalue weighted by atomic mass is 10.1. The zero-order chi connectivity index (χ0) is 23.8. The van der Waals surface area contributed by atoms with Crippen molar-refractivity contribution in [3.05, 3.63) is 59.4 Å². The molecule has 1 heterocycles. The van der Waals surface area contributed by atoms with Gasteiger partial charge in [-0.1, -0.05) is 38.1 Å². The van der Waals surface area contributed by atoms with Gasteiger partial charge in [0.15, 0.2) is 0 Å². The van der Waals surface area contributed by atoms with Gasteiger partial charge in [-0.2, -0.15) is 0 Å². The largest absolute Gasteiger partial charge is 0.497 e. The molecular weight excluding hydrogens is 421 g/mol. The third-order valence-corrected chi connectivity index (χ3v) is 6.03. The van der Waals surface area contributed by atoms with Crippen molar-refractivity contribution in [2.45, 2.75) is 45.3 Å². The van der Waals surface area contributed by atoms with Crippen molar-refractivity contribution in [1.82, 2.24) is 15.5 Å². The molecule has 0 aliphatic carbocycles. The fourth-order valence-electron chi connectivity index (χ4n) is 4.39. The minimum absolute atomic E-state index is 0.0123. The minimum Gasteiger partial charge on any atom is -0.497 e. The van der Waals surface area contributed by atoms with Gasteiger partial charge in [-0.25, -0.2) is 4.39 Å². The Bertz CT molecular complexity index is 921. The van der Waals surface area contributed by atoms with Crippen LogP contribution in [0.5, 0.6) is 11.5 Å². The molecule has 2 atom stereocenters. The maximum Gasteiger partial charge on any atom is 0.237 e. The first-order valence-electron chi connectivity index (χ1n) is 11.6. The summed E-state index contributed by atoms with van der Waals surface area (Å²) in [6.45, 7) is 7.06. The molecule has 0 bridgehead atoms. The molecule has 0 saturated carbocycles. The maximum absolute atomic E-state index is 13.8. The summed E-state index contributed by atoms with van der Waals surface area (Å²) in [5.41, 5.74) is 1.67. The molecule has 7 heteroatoms. The molecule has 6 nitrogen and oxygen atoms in total. The predicted molar refractivity (Wildman–Crippen MR) is 128 cm³/mol. The lowest BCUT2D eigenvalue weighted by molar-refractivity contribution is -0.125. The Morgan fingerprint density at radius 3 is 2.64 bits per heavy atom. The van der Waals surface area contributed by atoms with Gasteiger partial charge in [0.05, 0.1) is 20.3 Å². The summed E-state index contributed by atoms with van der Waals surface area (Å²) >= 11 is 0. The molecule has 1 aliphatic rings. The van der Waals surface area contributed by atoms with Gasteiger partial charge < -0.3 is 20.1 Å². The average Bonchev–Trinajstić information content (AvgIpc) is 3.20. The van der Waals surface area contributed by atoms with E-state index in [-0.39, 0.29) is 23.8 Å². The molecule has 0 aromatic heterocycles. The number of amides is 1. The molecule has 0 unspecified atom stereocenters. The fourth-order valence-corrected chi connectivity index (χ4v) is 4.39. The van der Waals surface area contributed by atoms with E-state index in [0.29, 0.717) is 31.0 Å². The summed E-state index contributed by atoms with van der Waals surface area (Å²) in [4.78, 5) is 15.3. The molecule has 2 aromatic rings. The zero-order valence-corrected chi connectivity index (χ0v) is 20.1. The SMILES string of the molecule is COc1ccc(CN[C@H]2C[C@@H](C(=O)NCCc3ccccc3F)N(CC(C)C)C2)c(OC)c1. The lowest BCUT2D eigenvalue weighted by Gasteiger charge is -2.25. The number of likely N-dealkylation sites (tertiary alicyclic amines) is 1. The third kappa shape index (κ3) is 6.92. The van der Waals surface area contributed by atoms with Crippen LogP contribution in [0.2, 0.25) is 0 Å². The Labute approximate surface area is 196 Å². The van der Waals surface area contributed by atoms with Gasteiger partial charge >= 0.3 is 0 Å². The van der Waals surface area contributed by atoms with Crippen LogP contribution >= 0.6 is 0 Å². The van der Waals surface area contributed by atoms with E-state index in [2.05, 4.69) is 29.4 Å². The Morgan fingerprint density at radius 1 is 1.15 bits per heavy atom. The van der Waals surface area contributed by atoms with Gasteiger partial charge in [0.25, 0.3) is 0 Å². The summed E-state index contributed by atoms with van der Waals surface area (Å²) < 4.78 is 24.6. The van der Waals surface area contributed by atoms with E-state index in [1.54, 1.807) is 26.4 Å². The minimum atomic E-state index is -0.229. The molecule has 1 fully saturated rings. The van der Waals surface area contributed by atoms with Gasteiger partial charge in [0, 0.05) is 43.9 Å². The molecule has 2 aromatic carbocycles. The molecule has 1 amide bonds. The first-order chi connectivity index (χ1) is 15.9. The highest BCUT2D eigenvalue weighted by molar-refractivity contribution is 5.82. The average molecular weight is 458 g/mol. The van der Waals surface area contributed by atoms with Crippen molar-refractivity contribution in [2.75, 3.05) is 33.9 Å². The van der Waals surface area contributed by atoms with Crippen LogP contribution in [0, 0.1) is 11.7 Å². The molecule has 0 radical (unpaired) electrons. The normalized spacial score (nSPS) is 18.5. The second-order valence-corrected chi connectivity index (χ2v) is 8.99. The summed E-state index contributed by atoms with van der Waals surface area (Å²) in [6, 6.07) is 12.5. The van der Waals surface area contributed by atoms with Crippen LogP contribution in [-0.4, -0.2) is 56.7 Å². The monoisotopic (exact) mass is 457 g/mol. The van der Waals surface area contributed by atoms with Crippen LogP contribution in [0.25, 0.3) is 0 Å². The smallest absolute Gasteiger partial charge is 0.237 e. The number of rotatable bonds is 11. The van der Waals surface area contributed by atoms with Crippen LogP contribution in [0.1, 0.15) is 31.4 Å². The highest BCUT2D eigenvalue weighted by atomic mass is 19.1. The van der Waals surface area contributed by atoms with E-state index in [1.165, 1.54) is 6.07 Å². The van der Waals surface area contributed by atoms with Crippen molar-refractivity contribution in [2.24, 2.45) is 5.92 Å². The van der Waals surface area contributed by atoms with Gasteiger partial charge in [0.1, 0.15) is 17.3 Å². The van der Waals surface area contributed by atoms with Crippen LogP contribution in [0.15, 0.2) is 42.5 Å². The number of carbonyl (C=O) groups excluding carboxylic acids is 1. The van der Waals surface area contributed by atoms with E-state index in [1.807, 2.05) is 24.3 Å². The van der Waals surface area contributed by atoms with E-state index >= 15 is 0 Å². The Morgan fingerprint density at radius 2 is 1.94 bits per heavy atom. The van der Waals surface area contributed by atoms with E-state index in [9.17, 15) is 9.18 Å². The first-order valence-corrected chi connectivity index (χ1v) is 11.6. The van der Waals surface area contributed by atoms with E-state index < -0.39 is 0 Å². The number of carbonyl (C=O) groups is 1. The van der Waals surface area contributed by atoms with Crippen LogP contribution in [0.3, 0.4) is 0 Å². The van der Waals surface area contributed by atoms with E-state index in [4.69, 9.17) is 9.47 Å². The summed E-state index contributed by atoms with van der Waals surface area (Å²) in [5, 5.41) is 6.62. The quantitative estimate of drug-likeness (QED) is 0.542. The van der Waals surface area contributed by atoms with Gasteiger partial charge in [-0.3, -0.25) is 9.69 Å². The molecule has 1 saturated heterocycles. The Kier molecular flexibility index (Phi) is 9.09. The highest BCUT2D eigenvalue weighted by Gasteiger charge is 2.36. The summed E-state index contributed by atoms with van der Waals surface area (Å²) in [7, 11) is 3.29. The van der Waals surface area contributed by atoms with Crippen molar-refractivity contribution in [3.63, 3.8) is 0 Å². The van der Waals surface area contributed by atoms with Crippen LogP contribution in [-0.2, 0) is 17.8 Å². The molecule has 180 valence electrons. The highest BCUT2D eigenvalue weighted by Crippen LogP contribution is 2.26. The molecule has 33 heavy (non-hydrogen) atoms. The molecule has 1 aliphatic heterocycles. The molecule has 0 spiro atoms. The molecule has 3 rings (SSSR count). The molecular formula is C26H36FN3O3. The number of nitrogens with one attached hydrogen (secondary N) is 2. The topological polar surface area (TPSA) is 62.8 Å². The Hall–Kier alpha value is -2.64. The van der Waals surface area contributed by atoms with Gasteiger partial charge in [-0.15, -0.1) is 0 Å². The number of halogens is 1. The van der Waals surface area contributed by atoms with Crippen molar-refractivity contribution >= 4 is 5.91 Å². The first kappa shape index (κ1) is 25.0. The molecule has 2 N–H and O–H groups in total. The number of nitrogens with zero attached hydrogens (tertiary/aromatic N) is 1. The Balaban J connectivity index is 1.57.